The second kappa shape index (κ2) is 5.18. The number of pyridine rings is 1. The van der Waals surface area contributed by atoms with Gasteiger partial charge < -0.3 is 10.6 Å². The van der Waals surface area contributed by atoms with Crippen LogP contribution in [-0.2, 0) is 0 Å². The molecule has 0 atom stereocenters. The summed E-state index contributed by atoms with van der Waals surface area (Å²) in [5, 5.41) is 0. The summed E-state index contributed by atoms with van der Waals surface area (Å²) in [5.41, 5.74) is 7.71. The molecule has 0 aliphatic rings. The van der Waals surface area contributed by atoms with Gasteiger partial charge in [0, 0.05) is 29.5 Å². The average Bonchev–Trinajstić information content (AvgIpc) is 2.38. The summed E-state index contributed by atoms with van der Waals surface area (Å²) < 4.78 is 0.883. The number of benzene rings is 1. The van der Waals surface area contributed by atoms with Crippen LogP contribution in [-0.4, -0.2) is 17.9 Å². The van der Waals surface area contributed by atoms with Crippen molar-refractivity contribution in [1.29, 1.82) is 0 Å². The Bertz CT molecular complexity index is 572. The van der Waals surface area contributed by atoms with E-state index in [4.69, 9.17) is 5.73 Å². The summed E-state index contributed by atoms with van der Waals surface area (Å²) in [6, 6.07) is 8.77. The molecule has 0 aliphatic carbocycles. The highest BCUT2D eigenvalue weighted by molar-refractivity contribution is 9.10. The van der Waals surface area contributed by atoms with Gasteiger partial charge in [-0.2, -0.15) is 0 Å². The van der Waals surface area contributed by atoms with E-state index in [1.807, 2.05) is 6.07 Å². The largest absolute Gasteiger partial charge is 0.397 e. The molecule has 92 valence electrons. The van der Waals surface area contributed by atoms with Crippen molar-refractivity contribution in [1.82, 2.24) is 4.98 Å². The molecule has 0 aliphatic heterocycles. The van der Waals surface area contributed by atoms with Crippen LogP contribution in [0.1, 0.15) is 10.4 Å². The first kappa shape index (κ1) is 12.6. The van der Waals surface area contributed by atoms with Crippen LogP contribution in [0.3, 0.4) is 0 Å². The van der Waals surface area contributed by atoms with Crippen LogP contribution in [0.15, 0.2) is 47.2 Å². The van der Waals surface area contributed by atoms with Gasteiger partial charge in [-0.15, -0.1) is 0 Å². The molecule has 5 heteroatoms. The number of halogens is 1. The zero-order chi connectivity index (χ0) is 13.1. The Kier molecular flexibility index (Phi) is 3.62. The molecule has 0 saturated carbocycles. The molecule has 0 bridgehead atoms. The zero-order valence-electron chi connectivity index (χ0n) is 9.80. The number of rotatable bonds is 2. The lowest BCUT2D eigenvalue weighted by Crippen LogP contribution is -2.27. The van der Waals surface area contributed by atoms with Gasteiger partial charge in [-0.1, -0.05) is 15.9 Å². The van der Waals surface area contributed by atoms with E-state index in [0.29, 0.717) is 16.9 Å². The molecule has 1 amide bonds. The lowest BCUT2D eigenvalue weighted by molar-refractivity contribution is 0.0993. The fourth-order valence-corrected chi connectivity index (χ4v) is 2.01. The second-order valence-electron chi connectivity index (χ2n) is 3.80. The van der Waals surface area contributed by atoms with Crippen LogP contribution in [0.4, 0.5) is 11.4 Å². The van der Waals surface area contributed by atoms with Crippen molar-refractivity contribution in [2.24, 2.45) is 0 Å². The molecule has 0 unspecified atom stereocenters. The highest BCUT2D eigenvalue weighted by Gasteiger charge is 2.15. The third-order valence-corrected chi connectivity index (χ3v) is 3.08. The minimum Gasteiger partial charge on any atom is -0.397 e. The lowest BCUT2D eigenvalue weighted by atomic mass is 10.2. The molecule has 2 aromatic rings. The van der Waals surface area contributed by atoms with E-state index >= 15 is 0 Å². The average molecular weight is 306 g/mol. The molecular formula is C13H12BrN3O. The van der Waals surface area contributed by atoms with E-state index < -0.39 is 0 Å². The molecule has 1 heterocycles. The van der Waals surface area contributed by atoms with Gasteiger partial charge in [-0.25, -0.2) is 0 Å². The van der Waals surface area contributed by atoms with Crippen molar-refractivity contribution >= 4 is 33.2 Å². The standard InChI is InChI=1S/C13H12BrN3O/c1-17(12-3-2-10(14)8-11(12)15)13(18)9-4-6-16-7-5-9/h2-8H,15H2,1H3. The Morgan fingerprint density at radius 1 is 1.28 bits per heavy atom. The van der Waals surface area contributed by atoms with Crippen molar-refractivity contribution in [3.63, 3.8) is 0 Å². The fourth-order valence-electron chi connectivity index (χ4n) is 1.63. The Hall–Kier alpha value is -1.88. The number of nitrogen functional groups attached to an aromatic ring is 1. The second-order valence-corrected chi connectivity index (χ2v) is 4.72. The molecule has 0 radical (unpaired) electrons. The first-order valence-corrected chi connectivity index (χ1v) is 6.12. The summed E-state index contributed by atoms with van der Waals surface area (Å²) in [7, 11) is 1.70. The van der Waals surface area contributed by atoms with Gasteiger partial charge in [0.2, 0.25) is 0 Å². The maximum absolute atomic E-state index is 12.2. The van der Waals surface area contributed by atoms with Gasteiger partial charge >= 0.3 is 0 Å². The van der Waals surface area contributed by atoms with Crippen molar-refractivity contribution in [2.45, 2.75) is 0 Å². The Morgan fingerprint density at radius 3 is 2.56 bits per heavy atom. The van der Waals surface area contributed by atoms with Crippen LogP contribution >= 0.6 is 15.9 Å². The third-order valence-electron chi connectivity index (χ3n) is 2.58. The summed E-state index contributed by atoms with van der Waals surface area (Å²) in [5.74, 6) is -0.119. The van der Waals surface area contributed by atoms with Crippen LogP contribution in [0.5, 0.6) is 0 Å². The highest BCUT2D eigenvalue weighted by atomic mass is 79.9. The molecule has 0 spiro atoms. The minimum absolute atomic E-state index is 0.119. The zero-order valence-corrected chi connectivity index (χ0v) is 11.4. The Balaban J connectivity index is 2.31. The summed E-state index contributed by atoms with van der Waals surface area (Å²) in [6.07, 6.45) is 3.18. The first-order valence-electron chi connectivity index (χ1n) is 5.32. The molecular weight excluding hydrogens is 294 g/mol. The number of anilines is 2. The van der Waals surface area contributed by atoms with E-state index in [0.717, 1.165) is 4.47 Å². The predicted molar refractivity (Wildman–Crippen MR) is 75.5 cm³/mol. The van der Waals surface area contributed by atoms with Crippen molar-refractivity contribution in [3.8, 4) is 0 Å². The Labute approximate surface area is 114 Å². The molecule has 1 aromatic carbocycles. The topological polar surface area (TPSA) is 59.2 Å². The van der Waals surface area contributed by atoms with E-state index in [1.54, 1.807) is 43.7 Å². The van der Waals surface area contributed by atoms with Gasteiger partial charge in [-0.3, -0.25) is 9.78 Å². The van der Waals surface area contributed by atoms with Crippen LogP contribution in [0, 0.1) is 0 Å². The minimum atomic E-state index is -0.119. The number of nitrogens with two attached hydrogens (primary N) is 1. The normalized spacial score (nSPS) is 10.1. The lowest BCUT2D eigenvalue weighted by Gasteiger charge is -2.19. The summed E-state index contributed by atoms with van der Waals surface area (Å²) >= 11 is 3.34. The monoisotopic (exact) mass is 305 g/mol. The molecule has 2 rings (SSSR count). The van der Waals surface area contributed by atoms with Gasteiger partial charge in [0.15, 0.2) is 0 Å². The maximum atomic E-state index is 12.2. The first-order chi connectivity index (χ1) is 8.59. The van der Waals surface area contributed by atoms with Gasteiger partial charge in [0.25, 0.3) is 5.91 Å². The SMILES string of the molecule is CN(C(=O)c1ccncc1)c1ccc(Br)cc1N. The smallest absolute Gasteiger partial charge is 0.258 e. The molecule has 2 N–H and O–H groups in total. The number of aromatic nitrogens is 1. The van der Waals surface area contributed by atoms with Gasteiger partial charge in [0.1, 0.15) is 0 Å². The molecule has 18 heavy (non-hydrogen) atoms. The van der Waals surface area contributed by atoms with Crippen LogP contribution in [0.25, 0.3) is 0 Å². The summed E-state index contributed by atoms with van der Waals surface area (Å²) in [4.78, 5) is 17.6. The van der Waals surface area contributed by atoms with Crippen LogP contribution < -0.4 is 10.6 Å². The van der Waals surface area contributed by atoms with Crippen LogP contribution in [0.2, 0.25) is 0 Å². The quantitative estimate of drug-likeness (QED) is 0.868. The molecule has 4 nitrogen and oxygen atoms in total. The van der Waals surface area contributed by atoms with Crippen molar-refractivity contribution in [2.75, 3.05) is 17.7 Å². The number of nitrogens with zero attached hydrogens (tertiary/aromatic N) is 2. The maximum Gasteiger partial charge on any atom is 0.258 e. The highest BCUT2D eigenvalue weighted by Crippen LogP contribution is 2.26. The summed E-state index contributed by atoms with van der Waals surface area (Å²) in [6.45, 7) is 0. The predicted octanol–water partition coefficient (Wildman–Crippen LogP) is 2.70. The van der Waals surface area contributed by atoms with Gasteiger partial charge in [0.05, 0.1) is 11.4 Å². The fraction of sp³-hybridized carbons (Fsp3) is 0.0769. The van der Waals surface area contributed by atoms with E-state index in [1.165, 1.54) is 4.90 Å². The molecule has 1 aromatic heterocycles. The number of carbonyl (C=O) groups is 1. The van der Waals surface area contributed by atoms with Crippen molar-refractivity contribution in [3.05, 3.63) is 52.8 Å². The number of carbonyl (C=O) groups excluding carboxylic acids is 1. The molecule has 0 saturated heterocycles. The van der Waals surface area contributed by atoms with E-state index in [-0.39, 0.29) is 5.91 Å². The van der Waals surface area contributed by atoms with Gasteiger partial charge in [-0.05, 0) is 30.3 Å². The van der Waals surface area contributed by atoms with E-state index in [2.05, 4.69) is 20.9 Å². The number of amides is 1. The third kappa shape index (κ3) is 2.51. The molecule has 0 fully saturated rings. The number of hydrogen-bond donors (Lipinski definition) is 1. The van der Waals surface area contributed by atoms with E-state index in [9.17, 15) is 4.79 Å². The Morgan fingerprint density at radius 2 is 1.94 bits per heavy atom. The number of hydrogen-bond acceptors (Lipinski definition) is 3. The van der Waals surface area contributed by atoms with Crippen molar-refractivity contribution < 1.29 is 4.79 Å².